The Balaban J connectivity index is 0.00000180. The van der Waals surface area contributed by atoms with Gasteiger partial charge in [-0.05, 0) is 19.8 Å². The van der Waals surface area contributed by atoms with Crippen LogP contribution in [0.1, 0.15) is 27.5 Å². The van der Waals surface area contributed by atoms with Crippen molar-refractivity contribution in [2.24, 2.45) is 5.73 Å². The van der Waals surface area contributed by atoms with Gasteiger partial charge < -0.3 is 15.4 Å². The van der Waals surface area contributed by atoms with E-state index in [0.29, 0.717) is 18.0 Å². The number of hydrogen-bond acceptors (Lipinski definition) is 5. The summed E-state index contributed by atoms with van der Waals surface area (Å²) in [4.78, 5) is 19.1. The Morgan fingerprint density at radius 1 is 1.68 bits per heavy atom. The molecule has 1 aliphatic heterocycles. The fraction of sp³-hybridized carbons (Fsp3) is 0.667. The predicted molar refractivity (Wildman–Crippen MR) is 78.0 cm³/mol. The minimum absolute atomic E-state index is 0. The molecule has 1 fully saturated rings. The van der Waals surface area contributed by atoms with Crippen LogP contribution in [0.15, 0.2) is 6.20 Å². The molecule has 2 rings (SSSR count). The third-order valence-corrected chi connectivity index (χ3v) is 4.27. The van der Waals surface area contributed by atoms with Crippen LogP contribution < -0.4 is 5.73 Å². The molecule has 2 atom stereocenters. The number of aromatic nitrogens is 1. The number of ether oxygens (including phenoxy) is 1. The van der Waals surface area contributed by atoms with Crippen LogP contribution in [0.5, 0.6) is 0 Å². The first kappa shape index (κ1) is 16.4. The van der Waals surface area contributed by atoms with Crippen LogP contribution in [-0.2, 0) is 4.74 Å². The molecule has 7 heteroatoms. The molecule has 1 aromatic rings. The summed E-state index contributed by atoms with van der Waals surface area (Å²) in [5, 5.41) is 0.912. The summed E-state index contributed by atoms with van der Waals surface area (Å²) in [5.74, 6) is 0.0469. The number of amides is 1. The van der Waals surface area contributed by atoms with Crippen molar-refractivity contribution in [2.75, 3.05) is 20.2 Å². The summed E-state index contributed by atoms with van der Waals surface area (Å²) in [6.07, 6.45) is 3.55. The molecule has 2 unspecified atom stereocenters. The monoisotopic (exact) mass is 305 g/mol. The predicted octanol–water partition coefficient (Wildman–Crippen LogP) is 1.45. The number of halogens is 1. The lowest BCUT2D eigenvalue weighted by atomic mass is 9.99. The van der Waals surface area contributed by atoms with Gasteiger partial charge in [0.15, 0.2) is 0 Å². The Morgan fingerprint density at radius 2 is 2.42 bits per heavy atom. The van der Waals surface area contributed by atoms with Gasteiger partial charge in [-0.1, -0.05) is 0 Å². The molecule has 1 aromatic heterocycles. The van der Waals surface area contributed by atoms with Crippen molar-refractivity contribution in [3.63, 3.8) is 0 Å². The maximum absolute atomic E-state index is 12.4. The third-order valence-electron chi connectivity index (χ3n) is 3.37. The van der Waals surface area contributed by atoms with E-state index in [4.69, 9.17) is 10.5 Å². The van der Waals surface area contributed by atoms with Crippen molar-refractivity contribution >= 4 is 29.7 Å². The van der Waals surface area contributed by atoms with Gasteiger partial charge in [-0.3, -0.25) is 4.79 Å². The second kappa shape index (κ2) is 7.19. The lowest BCUT2D eigenvalue weighted by Crippen LogP contribution is -2.51. The molecule has 108 valence electrons. The topological polar surface area (TPSA) is 68.5 Å². The largest absolute Gasteiger partial charge is 0.381 e. The van der Waals surface area contributed by atoms with Crippen molar-refractivity contribution in [1.82, 2.24) is 9.88 Å². The molecular weight excluding hydrogens is 286 g/mol. The summed E-state index contributed by atoms with van der Waals surface area (Å²) >= 11 is 1.43. The van der Waals surface area contributed by atoms with Gasteiger partial charge >= 0.3 is 0 Å². The van der Waals surface area contributed by atoms with E-state index < -0.39 is 0 Å². The number of nitrogens with two attached hydrogens (primary N) is 1. The number of piperidine rings is 1. The van der Waals surface area contributed by atoms with Crippen LogP contribution in [0, 0.1) is 6.92 Å². The second-order valence-corrected chi connectivity index (χ2v) is 5.75. The summed E-state index contributed by atoms with van der Waals surface area (Å²) in [7, 11) is 1.71. The Hall–Kier alpha value is -0.690. The number of thiazole rings is 1. The van der Waals surface area contributed by atoms with Crippen LogP contribution in [-0.4, -0.2) is 48.1 Å². The first-order valence-electron chi connectivity index (χ1n) is 6.12. The molecule has 1 amide bonds. The number of nitrogens with zero attached hydrogens (tertiary/aromatic N) is 2. The van der Waals surface area contributed by atoms with Crippen LogP contribution in [0.4, 0.5) is 0 Å². The summed E-state index contributed by atoms with van der Waals surface area (Å²) in [6.45, 7) is 3.08. The fourth-order valence-electron chi connectivity index (χ4n) is 2.32. The zero-order chi connectivity index (χ0) is 13.1. The highest BCUT2D eigenvalue weighted by molar-refractivity contribution is 7.13. The molecule has 0 aliphatic carbocycles. The first-order chi connectivity index (χ1) is 8.65. The molecule has 5 nitrogen and oxygen atoms in total. The average Bonchev–Trinajstić information content (AvgIpc) is 2.83. The summed E-state index contributed by atoms with van der Waals surface area (Å²) in [5.41, 5.74) is 5.77. The van der Waals surface area contributed by atoms with Crippen molar-refractivity contribution in [3.05, 3.63) is 16.1 Å². The molecule has 1 saturated heterocycles. The van der Waals surface area contributed by atoms with Crippen LogP contribution in [0.2, 0.25) is 0 Å². The van der Waals surface area contributed by atoms with E-state index in [1.807, 2.05) is 11.8 Å². The smallest absolute Gasteiger partial charge is 0.265 e. The molecule has 0 saturated carbocycles. The highest BCUT2D eigenvalue weighted by Crippen LogP contribution is 2.23. The highest BCUT2D eigenvalue weighted by Gasteiger charge is 2.31. The van der Waals surface area contributed by atoms with E-state index in [0.717, 1.165) is 17.8 Å². The molecule has 19 heavy (non-hydrogen) atoms. The van der Waals surface area contributed by atoms with Gasteiger partial charge in [0.1, 0.15) is 4.88 Å². The van der Waals surface area contributed by atoms with Gasteiger partial charge in [-0.2, -0.15) is 0 Å². The van der Waals surface area contributed by atoms with Crippen LogP contribution >= 0.6 is 23.7 Å². The quantitative estimate of drug-likeness (QED) is 0.918. The zero-order valence-electron chi connectivity index (χ0n) is 11.2. The van der Waals surface area contributed by atoms with E-state index in [-0.39, 0.29) is 30.5 Å². The molecule has 1 aliphatic rings. The molecular formula is C12H20ClN3O2S. The number of rotatable bonds is 3. The Labute approximate surface area is 123 Å². The third kappa shape index (κ3) is 3.66. The van der Waals surface area contributed by atoms with E-state index in [9.17, 15) is 4.79 Å². The molecule has 2 heterocycles. The molecule has 0 aromatic carbocycles. The minimum atomic E-state index is 0. The van der Waals surface area contributed by atoms with Gasteiger partial charge in [0, 0.05) is 26.2 Å². The Morgan fingerprint density at radius 3 is 2.95 bits per heavy atom. The maximum Gasteiger partial charge on any atom is 0.265 e. The van der Waals surface area contributed by atoms with Gasteiger partial charge in [0.2, 0.25) is 0 Å². The lowest BCUT2D eigenvalue weighted by molar-refractivity contribution is 0.0141. The van der Waals surface area contributed by atoms with E-state index in [1.165, 1.54) is 11.3 Å². The van der Waals surface area contributed by atoms with Gasteiger partial charge in [-0.25, -0.2) is 4.98 Å². The van der Waals surface area contributed by atoms with Crippen LogP contribution in [0.3, 0.4) is 0 Å². The minimum Gasteiger partial charge on any atom is -0.381 e. The van der Waals surface area contributed by atoms with Crippen molar-refractivity contribution in [2.45, 2.75) is 31.9 Å². The van der Waals surface area contributed by atoms with Gasteiger partial charge in [0.05, 0.1) is 17.3 Å². The molecule has 0 radical (unpaired) electrons. The summed E-state index contributed by atoms with van der Waals surface area (Å²) in [6, 6.07) is 0.0682. The summed E-state index contributed by atoms with van der Waals surface area (Å²) < 4.78 is 5.36. The Kier molecular flexibility index (Phi) is 6.19. The van der Waals surface area contributed by atoms with Gasteiger partial charge in [-0.15, -0.1) is 23.7 Å². The van der Waals surface area contributed by atoms with Crippen molar-refractivity contribution in [3.8, 4) is 0 Å². The van der Waals surface area contributed by atoms with Crippen molar-refractivity contribution in [1.29, 1.82) is 0 Å². The zero-order valence-corrected chi connectivity index (χ0v) is 12.8. The maximum atomic E-state index is 12.4. The first-order valence-corrected chi connectivity index (χ1v) is 6.93. The lowest BCUT2D eigenvalue weighted by Gasteiger charge is -2.38. The number of carbonyl (C=O) groups excluding carboxylic acids is 1. The van der Waals surface area contributed by atoms with E-state index in [2.05, 4.69) is 4.98 Å². The number of aryl methyl sites for hydroxylation is 1. The molecule has 2 N–H and O–H groups in total. The van der Waals surface area contributed by atoms with Crippen molar-refractivity contribution < 1.29 is 9.53 Å². The fourth-order valence-corrected chi connectivity index (χ4v) is 3.05. The second-order valence-electron chi connectivity index (χ2n) is 4.51. The van der Waals surface area contributed by atoms with Gasteiger partial charge in [0.25, 0.3) is 5.91 Å². The molecule has 0 bridgehead atoms. The average molecular weight is 306 g/mol. The number of carbonyl (C=O) groups is 1. The highest BCUT2D eigenvalue weighted by atomic mass is 35.5. The molecule has 0 spiro atoms. The van der Waals surface area contributed by atoms with E-state index >= 15 is 0 Å². The standard InChI is InChI=1S/C12H19N3O2S.ClH/c1-8-14-7-11(18-8)12(16)15-4-3-10(17-2)5-9(15)6-13;/h7,9-10H,3-6,13H2,1-2H3;1H. The SMILES string of the molecule is COC1CCN(C(=O)c2cnc(C)s2)C(CN)C1.Cl. The number of hydrogen-bond donors (Lipinski definition) is 1. The normalized spacial score (nSPS) is 23.0. The van der Waals surface area contributed by atoms with E-state index in [1.54, 1.807) is 13.3 Å². The number of methoxy groups -OCH3 is 1. The number of likely N-dealkylation sites (tertiary alicyclic amines) is 1. The Bertz CT molecular complexity index is 427. The van der Waals surface area contributed by atoms with Crippen LogP contribution in [0.25, 0.3) is 0 Å².